The summed E-state index contributed by atoms with van der Waals surface area (Å²) in [6.45, 7) is 22.4. The molecule has 38 heavy (non-hydrogen) atoms. The quantitative estimate of drug-likeness (QED) is 0.413. The van der Waals surface area contributed by atoms with Crippen molar-refractivity contribution in [3.8, 4) is 0 Å². The van der Waals surface area contributed by atoms with Crippen LogP contribution in [0, 0.1) is 17.3 Å². The van der Waals surface area contributed by atoms with Crippen molar-refractivity contribution in [1.82, 2.24) is 14.7 Å². The molecular formula is C30H49N3O5. The maximum Gasteiger partial charge on any atom is 0.249 e. The first-order valence-electron chi connectivity index (χ1n) is 14.0. The van der Waals surface area contributed by atoms with Crippen molar-refractivity contribution in [3.63, 3.8) is 0 Å². The molecule has 3 aliphatic rings. The second-order valence-electron chi connectivity index (χ2n) is 13.5. The van der Waals surface area contributed by atoms with Gasteiger partial charge in [0.15, 0.2) is 0 Å². The fourth-order valence-electron chi connectivity index (χ4n) is 7.65. The summed E-state index contributed by atoms with van der Waals surface area (Å²) in [5.74, 6) is -2.15. The second-order valence-corrected chi connectivity index (χ2v) is 13.5. The van der Waals surface area contributed by atoms with Crippen LogP contribution in [0.4, 0.5) is 0 Å². The molecule has 0 aromatic rings. The van der Waals surface area contributed by atoms with Crippen molar-refractivity contribution in [2.75, 3.05) is 26.7 Å². The lowest BCUT2D eigenvalue weighted by atomic mass is 9.66. The Labute approximate surface area is 229 Å². The Bertz CT molecular complexity index is 967. The van der Waals surface area contributed by atoms with Crippen LogP contribution in [0.15, 0.2) is 25.3 Å². The van der Waals surface area contributed by atoms with Gasteiger partial charge in [-0.2, -0.15) is 0 Å². The number of aliphatic hydroxyl groups excluding tert-OH is 1. The Morgan fingerprint density at radius 3 is 2.26 bits per heavy atom. The Morgan fingerprint density at radius 2 is 1.76 bits per heavy atom. The van der Waals surface area contributed by atoms with Crippen molar-refractivity contribution < 1.29 is 24.2 Å². The van der Waals surface area contributed by atoms with Gasteiger partial charge in [-0.3, -0.25) is 14.4 Å². The summed E-state index contributed by atoms with van der Waals surface area (Å²) in [6, 6.07) is -1.48. The Morgan fingerprint density at radius 1 is 1.16 bits per heavy atom. The molecule has 214 valence electrons. The van der Waals surface area contributed by atoms with Gasteiger partial charge in [-0.15, -0.1) is 13.2 Å². The molecule has 2 unspecified atom stereocenters. The molecule has 3 saturated heterocycles. The number of hydrogen-bond acceptors (Lipinski definition) is 5. The molecule has 3 rings (SSSR count). The number of rotatable bonds is 11. The van der Waals surface area contributed by atoms with Gasteiger partial charge in [-0.25, -0.2) is 0 Å². The van der Waals surface area contributed by atoms with E-state index in [9.17, 15) is 19.5 Å². The molecule has 2 bridgehead atoms. The molecule has 0 saturated carbocycles. The fraction of sp³-hybridized carbons (Fsp3) is 0.767. The zero-order valence-corrected chi connectivity index (χ0v) is 24.7. The van der Waals surface area contributed by atoms with E-state index in [-0.39, 0.29) is 29.7 Å². The van der Waals surface area contributed by atoms with Gasteiger partial charge in [0.1, 0.15) is 11.6 Å². The first-order chi connectivity index (χ1) is 17.5. The van der Waals surface area contributed by atoms with Crippen LogP contribution in [0.1, 0.15) is 74.1 Å². The summed E-state index contributed by atoms with van der Waals surface area (Å²) < 4.78 is 6.76. The molecule has 3 fully saturated rings. The minimum absolute atomic E-state index is 0.0463. The fourth-order valence-corrected chi connectivity index (χ4v) is 7.65. The Kier molecular flexibility index (Phi) is 8.32. The van der Waals surface area contributed by atoms with Gasteiger partial charge in [0.25, 0.3) is 0 Å². The SMILES string of the molecule is C=CCN(C)C(=O)[C@H]1[C@H]2C(=O)N([C@@H](CC)CO)C(C(=O)N(CC=C)C(C)(C)CC(C)(C)C)C23CC[C@]1(C)O3. The average Bonchev–Trinajstić information content (AvgIpc) is 3.37. The number of aliphatic hydroxyl groups is 1. The number of hydrogen-bond donors (Lipinski definition) is 1. The predicted molar refractivity (Wildman–Crippen MR) is 148 cm³/mol. The van der Waals surface area contributed by atoms with E-state index >= 15 is 0 Å². The van der Waals surface area contributed by atoms with Gasteiger partial charge in [0, 0.05) is 25.7 Å². The minimum Gasteiger partial charge on any atom is -0.394 e. The zero-order chi connectivity index (χ0) is 28.8. The van der Waals surface area contributed by atoms with Crippen molar-refractivity contribution >= 4 is 17.7 Å². The Hall–Kier alpha value is -2.19. The van der Waals surface area contributed by atoms with Crippen LogP contribution in [0.5, 0.6) is 0 Å². The molecule has 6 atom stereocenters. The monoisotopic (exact) mass is 531 g/mol. The van der Waals surface area contributed by atoms with Crippen LogP contribution < -0.4 is 0 Å². The summed E-state index contributed by atoms with van der Waals surface area (Å²) in [6.07, 6.45) is 5.67. The zero-order valence-electron chi connectivity index (χ0n) is 24.7. The molecule has 3 heterocycles. The number of nitrogens with zero attached hydrogens (tertiary/aromatic N) is 3. The lowest BCUT2D eigenvalue weighted by Gasteiger charge is -2.46. The molecular weight excluding hydrogens is 482 g/mol. The molecule has 8 heteroatoms. The van der Waals surface area contributed by atoms with Crippen LogP contribution in [0.2, 0.25) is 0 Å². The smallest absolute Gasteiger partial charge is 0.249 e. The highest BCUT2D eigenvalue weighted by Crippen LogP contribution is 2.64. The molecule has 0 aliphatic carbocycles. The highest BCUT2D eigenvalue weighted by atomic mass is 16.5. The van der Waals surface area contributed by atoms with Crippen molar-refractivity contribution in [3.05, 3.63) is 25.3 Å². The van der Waals surface area contributed by atoms with Crippen LogP contribution in [0.25, 0.3) is 0 Å². The molecule has 8 nitrogen and oxygen atoms in total. The van der Waals surface area contributed by atoms with E-state index in [4.69, 9.17) is 4.74 Å². The molecule has 0 radical (unpaired) electrons. The van der Waals surface area contributed by atoms with Crippen LogP contribution in [0.3, 0.4) is 0 Å². The predicted octanol–water partition coefficient (Wildman–Crippen LogP) is 3.40. The molecule has 3 aliphatic heterocycles. The van der Waals surface area contributed by atoms with E-state index in [0.29, 0.717) is 32.4 Å². The number of carbonyl (C=O) groups is 3. The standard InChI is InChI=1S/C30H49N3O5/c1-11-16-31(10)24(35)21-22-25(36)33(20(13-3)18-34)23(30(22)15-14-29(21,9)38-30)26(37)32(17-12-2)28(7,8)19-27(4,5)6/h11-12,20-23,34H,1-2,13-19H2,3-10H3/t20-,21+,22-,23?,29-,30?/m0/s1. The largest absolute Gasteiger partial charge is 0.394 e. The topological polar surface area (TPSA) is 90.4 Å². The van der Waals surface area contributed by atoms with Gasteiger partial charge in [-0.1, -0.05) is 39.8 Å². The number of likely N-dealkylation sites (tertiary alicyclic amines) is 1. The van der Waals surface area contributed by atoms with E-state index in [1.54, 1.807) is 29.0 Å². The summed E-state index contributed by atoms with van der Waals surface area (Å²) in [7, 11) is 1.70. The molecule has 0 aromatic heterocycles. The average molecular weight is 532 g/mol. The number of likely N-dealkylation sites (N-methyl/N-ethyl adjacent to an activating group) is 1. The normalized spacial score (nSPS) is 31.2. The highest BCUT2D eigenvalue weighted by molar-refractivity contribution is 5.99. The second kappa shape index (κ2) is 10.4. The van der Waals surface area contributed by atoms with Crippen molar-refractivity contribution in [2.45, 2.75) is 103 Å². The lowest BCUT2D eigenvalue weighted by molar-refractivity contribution is -0.159. The first kappa shape index (κ1) is 30.4. The summed E-state index contributed by atoms with van der Waals surface area (Å²) in [4.78, 5) is 47.7. The summed E-state index contributed by atoms with van der Waals surface area (Å²) in [5.41, 5.74) is -2.55. The number of carbonyl (C=O) groups excluding carboxylic acids is 3. The maximum absolute atomic E-state index is 14.7. The van der Waals surface area contributed by atoms with Crippen molar-refractivity contribution in [1.29, 1.82) is 0 Å². The van der Waals surface area contributed by atoms with Gasteiger partial charge in [0.05, 0.1) is 30.1 Å². The number of ether oxygens (including phenoxy) is 1. The van der Waals surface area contributed by atoms with Gasteiger partial charge in [-0.05, 0) is 51.9 Å². The summed E-state index contributed by atoms with van der Waals surface area (Å²) >= 11 is 0. The highest BCUT2D eigenvalue weighted by Gasteiger charge is 2.79. The van der Waals surface area contributed by atoms with E-state index < -0.39 is 40.7 Å². The Balaban J connectivity index is 2.17. The number of amides is 3. The molecule has 1 spiro atoms. The third-order valence-corrected chi connectivity index (χ3v) is 8.84. The lowest BCUT2D eigenvalue weighted by Crippen LogP contribution is -2.62. The van der Waals surface area contributed by atoms with E-state index in [1.807, 2.05) is 32.6 Å². The van der Waals surface area contributed by atoms with Crippen LogP contribution in [-0.4, -0.2) is 93.1 Å². The first-order valence-corrected chi connectivity index (χ1v) is 14.0. The van der Waals surface area contributed by atoms with E-state index in [2.05, 4.69) is 33.9 Å². The van der Waals surface area contributed by atoms with E-state index in [0.717, 1.165) is 6.42 Å². The van der Waals surface area contributed by atoms with Crippen LogP contribution >= 0.6 is 0 Å². The van der Waals surface area contributed by atoms with Crippen LogP contribution in [-0.2, 0) is 19.1 Å². The molecule has 0 aromatic carbocycles. The van der Waals surface area contributed by atoms with Crippen molar-refractivity contribution in [2.24, 2.45) is 17.3 Å². The van der Waals surface area contributed by atoms with Gasteiger partial charge in [0.2, 0.25) is 17.7 Å². The molecule has 1 N–H and O–H groups in total. The van der Waals surface area contributed by atoms with Gasteiger partial charge < -0.3 is 24.5 Å². The third kappa shape index (κ3) is 4.83. The van der Waals surface area contributed by atoms with E-state index in [1.165, 1.54) is 0 Å². The summed E-state index contributed by atoms with van der Waals surface area (Å²) in [5, 5.41) is 10.3. The minimum atomic E-state index is -1.13. The van der Waals surface area contributed by atoms with Gasteiger partial charge >= 0.3 is 0 Å². The number of fused-ring (bicyclic) bond motifs is 1. The maximum atomic E-state index is 14.7. The molecule has 3 amide bonds. The third-order valence-electron chi connectivity index (χ3n) is 8.84.